The summed E-state index contributed by atoms with van der Waals surface area (Å²) >= 11 is 0. The lowest BCUT2D eigenvalue weighted by molar-refractivity contribution is 0.307. The number of sulfonamides is 1. The molecule has 1 aromatic carbocycles. The van der Waals surface area contributed by atoms with E-state index < -0.39 is 10.0 Å². The van der Waals surface area contributed by atoms with E-state index in [1.807, 2.05) is 6.20 Å². The molecule has 2 heterocycles. The summed E-state index contributed by atoms with van der Waals surface area (Å²) in [7, 11) is -3.42. The minimum atomic E-state index is -3.42. The Kier molecular flexibility index (Phi) is 4.24. The van der Waals surface area contributed by atoms with E-state index in [-0.39, 0.29) is 5.75 Å². The van der Waals surface area contributed by atoms with Gasteiger partial charge in [0.05, 0.1) is 42.2 Å². The van der Waals surface area contributed by atoms with Crippen LogP contribution in [0.2, 0.25) is 0 Å². The number of anilines is 2. The van der Waals surface area contributed by atoms with E-state index in [0.29, 0.717) is 25.4 Å². The zero-order valence-corrected chi connectivity index (χ0v) is 13.3. The average molecular weight is 334 g/mol. The number of aromatic nitrogens is 2. The van der Waals surface area contributed by atoms with Gasteiger partial charge in [-0.15, -0.1) is 6.58 Å². The van der Waals surface area contributed by atoms with Crippen molar-refractivity contribution >= 4 is 21.4 Å². The first kappa shape index (κ1) is 15.4. The van der Waals surface area contributed by atoms with Crippen LogP contribution in [0.1, 0.15) is 5.69 Å². The Bertz CT molecular complexity index is 787. The predicted molar refractivity (Wildman–Crippen MR) is 89.2 cm³/mol. The first-order chi connectivity index (χ1) is 11.1. The van der Waals surface area contributed by atoms with Crippen molar-refractivity contribution in [2.24, 2.45) is 0 Å². The minimum absolute atomic E-state index is 0.127. The highest BCUT2D eigenvalue weighted by Gasteiger charge is 2.20. The molecule has 2 aromatic rings. The third kappa shape index (κ3) is 3.65. The maximum absolute atomic E-state index is 11.9. The zero-order valence-electron chi connectivity index (χ0n) is 12.5. The quantitative estimate of drug-likeness (QED) is 0.786. The summed E-state index contributed by atoms with van der Waals surface area (Å²) in [5.41, 5.74) is 2.26. The topological polar surface area (TPSA) is 87.3 Å². The molecule has 0 radical (unpaired) electrons. The first-order valence-electron chi connectivity index (χ1n) is 7.18. The van der Waals surface area contributed by atoms with Crippen LogP contribution in [0.15, 0.2) is 43.4 Å². The number of rotatable bonds is 6. The number of hydrogen-bond donors (Lipinski definition) is 2. The van der Waals surface area contributed by atoms with Gasteiger partial charge in [0.1, 0.15) is 12.4 Å². The molecular weight excluding hydrogens is 316 g/mol. The number of nitrogens with one attached hydrogen (secondary N) is 2. The molecule has 1 aromatic heterocycles. The van der Waals surface area contributed by atoms with Gasteiger partial charge >= 0.3 is 0 Å². The molecule has 1 aliphatic rings. The van der Waals surface area contributed by atoms with Crippen LogP contribution < -0.4 is 14.4 Å². The lowest BCUT2D eigenvalue weighted by atomic mass is 10.2. The monoisotopic (exact) mass is 334 g/mol. The van der Waals surface area contributed by atoms with Gasteiger partial charge < -0.3 is 14.6 Å². The molecule has 7 nitrogen and oxygen atoms in total. The van der Waals surface area contributed by atoms with E-state index in [0.717, 1.165) is 17.1 Å². The van der Waals surface area contributed by atoms with Gasteiger partial charge in [-0.05, 0) is 18.2 Å². The van der Waals surface area contributed by atoms with E-state index in [9.17, 15) is 8.42 Å². The third-order valence-corrected chi connectivity index (χ3v) is 4.66. The Hall–Kier alpha value is -2.48. The molecule has 0 saturated carbocycles. The Morgan fingerprint density at radius 3 is 3.09 bits per heavy atom. The van der Waals surface area contributed by atoms with Gasteiger partial charge in [-0.1, -0.05) is 6.08 Å². The molecule has 0 saturated heterocycles. The van der Waals surface area contributed by atoms with Crippen LogP contribution in [0.25, 0.3) is 0 Å². The molecule has 1 aliphatic heterocycles. The summed E-state index contributed by atoms with van der Waals surface area (Å²) in [5, 5.41) is 0. The van der Waals surface area contributed by atoms with Gasteiger partial charge in [0.2, 0.25) is 10.0 Å². The number of hydrogen-bond acceptors (Lipinski definition) is 5. The Balaban J connectivity index is 1.85. The third-order valence-electron chi connectivity index (χ3n) is 3.44. The fourth-order valence-corrected chi connectivity index (χ4v) is 3.33. The lowest BCUT2D eigenvalue weighted by Crippen LogP contribution is -2.32. The second kappa shape index (κ2) is 6.33. The normalized spacial score (nSPS) is 14.0. The van der Waals surface area contributed by atoms with Gasteiger partial charge in [-0.2, -0.15) is 0 Å². The summed E-state index contributed by atoms with van der Waals surface area (Å²) in [4.78, 5) is 9.27. The Morgan fingerprint density at radius 2 is 2.35 bits per heavy atom. The number of imidazole rings is 1. The molecular formula is C15H18N4O3S. The molecule has 23 heavy (non-hydrogen) atoms. The summed E-state index contributed by atoms with van der Waals surface area (Å²) in [6.45, 7) is 5.38. The Morgan fingerprint density at radius 1 is 1.48 bits per heavy atom. The van der Waals surface area contributed by atoms with Crippen molar-refractivity contribution < 1.29 is 13.2 Å². The van der Waals surface area contributed by atoms with Gasteiger partial charge in [0, 0.05) is 6.20 Å². The van der Waals surface area contributed by atoms with Crippen molar-refractivity contribution in [1.29, 1.82) is 0 Å². The van der Waals surface area contributed by atoms with Crippen LogP contribution in [-0.2, 0) is 16.6 Å². The van der Waals surface area contributed by atoms with Crippen LogP contribution in [0.5, 0.6) is 5.75 Å². The van der Waals surface area contributed by atoms with Crippen molar-refractivity contribution in [3.63, 3.8) is 0 Å². The second-order valence-corrected chi connectivity index (χ2v) is 6.95. The fourth-order valence-electron chi connectivity index (χ4n) is 2.45. The van der Waals surface area contributed by atoms with Crippen molar-refractivity contribution in [3.8, 4) is 5.75 Å². The molecule has 3 rings (SSSR count). The molecule has 0 bridgehead atoms. The molecule has 2 N–H and O–H groups in total. The molecule has 0 unspecified atom stereocenters. The molecule has 0 amide bonds. The van der Waals surface area contributed by atoms with Crippen LogP contribution in [-0.4, -0.2) is 37.3 Å². The SMILES string of the molecule is C=CCS(=O)(=O)Nc1ccc2c(c1)N(Cc1c[nH]cn1)CCO2. The summed E-state index contributed by atoms with van der Waals surface area (Å²) in [5.74, 6) is 0.607. The minimum Gasteiger partial charge on any atom is -0.490 e. The maximum Gasteiger partial charge on any atom is 0.236 e. The second-order valence-electron chi connectivity index (χ2n) is 5.19. The van der Waals surface area contributed by atoms with Crippen LogP contribution >= 0.6 is 0 Å². The van der Waals surface area contributed by atoms with Crippen molar-refractivity contribution in [3.05, 3.63) is 49.1 Å². The van der Waals surface area contributed by atoms with Gasteiger partial charge in [0.15, 0.2) is 0 Å². The number of H-pyrrole nitrogens is 1. The van der Waals surface area contributed by atoms with E-state index in [2.05, 4.69) is 26.2 Å². The molecule has 0 spiro atoms. The number of ether oxygens (including phenoxy) is 1. The zero-order chi connectivity index (χ0) is 16.3. The van der Waals surface area contributed by atoms with Crippen molar-refractivity contribution in [2.75, 3.05) is 28.5 Å². The number of nitrogens with zero attached hydrogens (tertiary/aromatic N) is 2. The van der Waals surface area contributed by atoms with Gasteiger partial charge in [-0.3, -0.25) is 4.72 Å². The largest absolute Gasteiger partial charge is 0.490 e. The fraction of sp³-hybridized carbons (Fsp3) is 0.267. The van der Waals surface area contributed by atoms with Crippen LogP contribution in [0.3, 0.4) is 0 Å². The summed E-state index contributed by atoms with van der Waals surface area (Å²) in [6.07, 6.45) is 4.83. The lowest BCUT2D eigenvalue weighted by Gasteiger charge is -2.31. The van der Waals surface area contributed by atoms with Crippen LogP contribution in [0, 0.1) is 0 Å². The van der Waals surface area contributed by atoms with Crippen molar-refractivity contribution in [2.45, 2.75) is 6.54 Å². The Labute approximate surface area is 135 Å². The highest BCUT2D eigenvalue weighted by molar-refractivity contribution is 7.92. The predicted octanol–water partition coefficient (Wildman–Crippen LogP) is 1.74. The number of benzene rings is 1. The molecule has 0 atom stereocenters. The highest BCUT2D eigenvalue weighted by atomic mass is 32.2. The standard InChI is InChI=1S/C15H18N4O3S/c1-2-7-23(20,21)18-12-3-4-15-14(8-12)19(5-6-22-15)10-13-9-16-11-17-13/h2-4,8-9,11,18H,1,5-7,10H2,(H,16,17). The smallest absolute Gasteiger partial charge is 0.236 e. The van der Waals surface area contributed by atoms with Gasteiger partial charge in [-0.25, -0.2) is 13.4 Å². The van der Waals surface area contributed by atoms with Gasteiger partial charge in [0.25, 0.3) is 0 Å². The number of fused-ring (bicyclic) bond motifs is 1. The highest BCUT2D eigenvalue weighted by Crippen LogP contribution is 2.35. The maximum atomic E-state index is 11.9. The van der Waals surface area contributed by atoms with E-state index in [1.165, 1.54) is 6.08 Å². The van der Waals surface area contributed by atoms with E-state index in [1.54, 1.807) is 24.5 Å². The number of aromatic amines is 1. The molecule has 8 heteroatoms. The molecule has 122 valence electrons. The first-order valence-corrected chi connectivity index (χ1v) is 8.83. The summed E-state index contributed by atoms with van der Waals surface area (Å²) in [6, 6.07) is 5.25. The molecule has 0 aliphatic carbocycles. The molecule has 0 fully saturated rings. The van der Waals surface area contributed by atoms with E-state index >= 15 is 0 Å². The van der Waals surface area contributed by atoms with Crippen LogP contribution in [0.4, 0.5) is 11.4 Å². The summed E-state index contributed by atoms with van der Waals surface area (Å²) < 4.78 is 31.9. The van der Waals surface area contributed by atoms with Crippen molar-refractivity contribution in [1.82, 2.24) is 9.97 Å². The average Bonchev–Trinajstić information content (AvgIpc) is 3.00. The van der Waals surface area contributed by atoms with E-state index in [4.69, 9.17) is 4.74 Å².